The van der Waals surface area contributed by atoms with Gasteiger partial charge in [0, 0.05) is 6.04 Å². The highest BCUT2D eigenvalue weighted by Gasteiger charge is 2.53. The van der Waals surface area contributed by atoms with Crippen molar-refractivity contribution < 1.29 is 49.3 Å². The molecule has 1 aliphatic carbocycles. The molecule has 1 heterocycles. The Morgan fingerprint density at radius 3 is 2.08 bits per heavy atom. The number of carboxylic acids is 2. The standard InChI is InChI=1S/C10H19NO4.C4H6O6/c1-10(2)14-8-6(11)5-7(9(8)15-10)13-4-3-12;5-1(3(7)8)2(6)4(9)10/h6-9,12H,3-5,11H2,1-2H3;1-2,5-6H,(H,7,8)(H,9,10)/t6-,7-,8+,9-;1-,2-/m11/s1. The van der Waals surface area contributed by atoms with E-state index in [2.05, 4.69) is 0 Å². The normalized spacial score (nSPS) is 32.2. The van der Waals surface area contributed by atoms with Crippen molar-refractivity contribution in [3.63, 3.8) is 0 Å². The number of rotatable bonds is 6. The molecule has 0 radical (unpaired) electrons. The molecule has 2 aliphatic rings. The van der Waals surface area contributed by atoms with Gasteiger partial charge < -0.3 is 45.5 Å². The second-order valence-corrected chi connectivity index (χ2v) is 6.16. The van der Waals surface area contributed by atoms with Crippen LogP contribution in [-0.4, -0.2) is 93.0 Å². The van der Waals surface area contributed by atoms with E-state index < -0.39 is 29.9 Å². The van der Waals surface area contributed by atoms with Crippen LogP contribution < -0.4 is 5.73 Å². The fourth-order valence-corrected chi connectivity index (χ4v) is 2.61. The molecule has 1 aliphatic heterocycles. The zero-order chi connectivity index (χ0) is 19.4. The van der Waals surface area contributed by atoms with Crippen LogP contribution in [0.3, 0.4) is 0 Å². The molecule has 11 nitrogen and oxygen atoms in total. The summed E-state index contributed by atoms with van der Waals surface area (Å²) in [7, 11) is 0. The van der Waals surface area contributed by atoms with Crippen molar-refractivity contribution in [3.05, 3.63) is 0 Å². The van der Waals surface area contributed by atoms with Crippen LogP contribution in [0.1, 0.15) is 20.3 Å². The summed E-state index contributed by atoms with van der Waals surface area (Å²) < 4.78 is 16.9. The maximum absolute atomic E-state index is 9.77. The summed E-state index contributed by atoms with van der Waals surface area (Å²) in [4.78, 5) is 19.5. The Morgan fingerprint density at radius 2 is 1.64 bits per heavy atom. The van der Waals surface area contributed by atoms with Gasteiger partial charge in [-0.25, -0.2) is 9.59 Å². The topological polar surface area (TPSA) is 189 Å². The Bertz CT molecular complexity index is 453. The summed E-state index contributed by atoms with van der Waals surface area (Å²) in [5.74, 6) is -4.11. The molecule has 0 amide bonds. The van der Waals surface area contributed by atoms with Crippen LogP contribution in [0.4, 0.5) is 0 Å². The van der Waals surface area contributed by atoms with E-state index in [0.717, 1.165) is 6.42 Å². The van der Waals surface area contributed by atoms with E-state index in [0.29, 0.717) is 6.61 Å². The average molecular weight is 367 g/mol. The number of fused-ring (bicyclic) bond motifs is 1. The molecule has 2 fully saturated rings. The Labute approximate surface area is 143 Å². The first-order valence-electron chi connectivity index (χ1n) is 7.65. The second kappa shape index (κ2) is 8.85. The third-order valence-corrected chi connectivity index (χ3v) is 3.68. The Morgan fingerprint density at radius 1 is 1.16 bits per heavy atom. The van der Waals surface area contributed by atoms with Crippen LogP contribution in [0.2, 0.25) is 0 Å². The molecule has 11 heteroatoms. The lowest BCUT2D eigenvalue weighted by Crippen LogP contribution is -2.39. The van der Waals surface area contributed by atoms with Crippen molar-refractivity contribution in [1.82, 2.24) is 0 Å². The second-order valence-electron chi connectivity index (χ2n) is 6.16. The number of carbonyl (C=O) groups is 2. The monoisotopic (exact) mass is 367 g/mol. The first kappa shape index (κ1) is 21.7. The van der Waals surface area contributed by atoms with Crippen LogP contribution in [0.5, 0.6) is 0 Å². The Hall–Kier alpha value is -1.34. The third kappa shape index (κ3) is 5.85. The van der Waals surface area contributed by atoms with E-state index in [1.54, 1.807) is 0 Å². The van der Waals surface area contributed by atoms with Crippen LogP contribution in [0.25, 0.3) is 0 Å². The molecule has 1 saturated heterocycles. The van der Waals surface area contributed by atoms with E-state index in [1.165, 1.54) is 0 Å². The third-order valence-electron chi connectivity index (χ3n) is 3.68. The van der Waals surface area contributed by atoms with Crippen molar-refractivity contribution in [2.45, 2.75) is 62.6 Å². The molecule has 0 spiro atoms. The quantitative estimate of drug-likeness (QED) is 0.291. The van der Waals surface area contributed by atoms with Gasteiger partial charge in [0.1, 0.15) is 12.2 Å². The van der Waals surface area contributed by atoms with E-state index in [-0.39, 0.29) is 31.0 Å². The van der Waals surface area contributed by atoms with Gasteiger partial charge in [0.05, 0.1) is 19.3 Å². The Kier molecular flexibility index (Phi) is 7.68. The molecule has 6 atom stereocenters. The van der Waals surface area contributed by atoms with Crippen molar-refractivity contribution in [2.24, 2.45) is 5.73 Å². The maximum Gasteiger partial charge on any atom is 0.335 e. The van der Waals surface area contributed by atoms with Crippen LogP contribution in [0.15, 0.2) is 0 Å². The molecular formula is C14H25NO10. The largest absolute Gasteiger partial charge is 0.479 e. The van der Waals surface area contributed by atoms with Gasteiger partial charge in [-0.3, -0.25) is 0 Å². The number of aliphatic hydroxyl groups excluding tert-OH is 3. The highest BCUT2D eigenvalue weighted by Crippen LogP contribution is 2.38. The predicted molar refractivity (Wildman–Crippen MR) is 80.5 cm³/mol. The molecule has 0 aromatic rings. The molecular weight excluding hydrogens is 342 g/mol. The highest BCUT2D eigenvalue weighted by molar-refractivity contribution is 5.83. The number of nitrogens with two attached hydrogens (primary N) is 1. The number of aliphatic carboxylic acids is 2. The van der Waals surface area contributed by atoms with Crippen molar-refractivity contribution in [1.29, 1.82) is 0 Å². The van der Waals surface area contributed by atoms with Crippen molar-refractivity contribution in [2.75, 3.05) is 13.2 Å². The van der Waals surface area contributed by atoms with Gasteiger partial charge in [0.15, 0.2) is 18.0 Å². The smallest absolute Gasteiger partial charge is 0.335 e. The van der Waals surface area contributed by atoms with Crippen LogP contribution >= 0.6 is 0 Å². The lowest BCUT2D eigenvalue weighted by molar-refractivity contribution is -0.168. The van der Waals surface area contributed by atoms with Crippen LogP contribution in [0, 0.1) is 0 Å². The minimum atomic E-state index is -2.27. The van der Waals surface area contributed by atoms with Crippen LogP contribution in [-0.2, 0) is 23.8 Å². The molecule has 0 bridgehead atoms. The zero-order valence-corrected chi connectivity index (χ0v) is 13.9. The minimum absolute atomic E-state index is 0.0212. The van der Waals surface area contributed by atoms with Gasteiger partial charge >= 0.3 is 11.9 Å². The molecule has 2 rings (SSSR count). The highest BCUT2D eigenvalue weighted by atomic mass is 16.8. The Balaban J connectivity index is 0.000000275. The van der Waals surface area contributed by atoms with Gasteiger partial charge in [-0.15, -0.1) is 0 Å². The number of ether oxygens (including phenoxy) is 3. The zero-order valence-electron chi connectivity index (χ0n) is 13.9. The van der Waals surface area contributed by atoms with Gasteiger partial charge in [0.25, 0.3) is 0 Å². The van der Waals surface area contributed by atoms with E-state index in [9.17, 15) is 9.59 Å². The number of aliphatic hydroxyl groups is 3. The summed E-state index contributed by atoms with van der Waals surface area (Å²) in [6, 6.07) is -0.0412. The number of hydrogen-bond acceptors (Lipinski definition) is 9. The van der Waals surface area contributed by atoms with Gasteiger partial charge in [-0.05, 0) is 20.3 Å². The molecule has 146 valence electrons. The molecule has 0 aromatic heterocycles. The first-order chi connectivity index (χ1) is 11.5. The van der Waals surface area contributed by atoms with Crippen molar-refractivity contribution >= 4 is 11.9 Å². The van der Waals surface area contributed by atoms with E-state index >= 15 is 0 Å². The first-order valence-corrected chi connectivity index (χ1v) is 7.65. The SMILES string of the molecule is CC1(C)O[C@@H]2[C@H](O1)[C@H](OCCO)C[C@H]2N.O=C(O)[C@H](O)[C@@H](O)C(=O)O. The summed E-state index contributed by atoms with van der Waals surface area (Å²) >= 11 is 0. The summed E-state index contributed by atoms with van der Waals surface area (Å²) in [6.45, 7) is 4.10. The summed E-state index contributed by atoms with van der Waals surface area (Å²) in [6.07, 6.45) is -4.04. The lowest BCUT2D eigenvalue weighted by Gasteiger charge is -2.22. The fraction of sp³-hybridized carbons (Fsp3) is 0.857. The fourth-order valence-electron chi connectivity index (χ4n) is 2.61. The summed E-state index contributed by atoms with van der Waals surface area (Å²) in [5.41, 5.74) is 5.96. The van der Waals surface area contributed by atoms with Gasteiger partial charge in [-0.2, -0.15) is 0 Å². The lowest BCUT2D eigenvalue weighted by atomic mass is 10.2. The number of carboxylic acid groups (broad SMARTS) is 2. The van der Waals surface area contributed by atoms with Gasteiger partial charge in [0.2, 0.25) is 0 Å². The molecule has 25 heavy (non-hydrogen) atoms. The predicted octanol–water partition coefficient (Wildman–Crippen LogP) is -2.51. The molecule has 7 N–H and O–H groups in total. The van der Waals surface area contributed by atoms with E-state index in [1.807, 2.05) is 13.8 Å². The number of hydrogen-bond donors (Lipinski definition) is 6. The maximum atomic E-state index is 9.77. The molecule has 1 saturated carbocycles. The average Bonchev–Trinajstić information content (AvgIpc) is 2.98. The minimum Gasteiger partial charge on any atom is -0.479 e. The van der Waals surface area contributed by atoms with E-state index in [4.69, 9.17) is 45.5 Å². The molecule has 0 aromatic carbocycles. The van der Waals surface area contributed by atoms with Crippen molar-refractivity contribution in [3.8, 4) is 0 Å². The molecule has 0 unspecified atom stereocenters. The van der Waals surface area contributed by atoms with Gasteiger partial charge in [-0.1, -0.05) is 0 Å². The summed E-state index contributed by atoms with van der Waals surface area (Å²) in [5, 5.41) is 41.2.